The molecule has 0 saturated heterocycles. The summed E-state index contributed by atoms with van der Waals surface area (Å²) in [6, 6.07) is 29.5. The summed E-state index contributed by atoms with van der Waals surface area (Å²) in [7, 11) is -3.64. The molecule has 220 valence electrons. The van der Waals surface area contributed by atoms with Gasteiger partial charge in [-0.1, -0.05) is 85.8 Å². The van der Waals surface area contributed by atoms with Crippen molar-refractivity contribution in [1.29, 1.82) is 0 Å². The third-order valence-electron chi connectivity index (χ3n) is 7.95. The van der Waals surface area contributed by atoms with Crippen LogP contribution in [0.4, 0.5) is 0 Å². The second kappa shape index (κ2) is 12.8. The molecule has 1 aliphatic carbocycles. The van der Waals surface area contributed by atoms with Crippen LogP contribution in [-0.2, 0) is 31.4 Å². The fraction of sp³-hybridized carbons (Fsp3) is 0.229. The molecular weight excluding hydrogens is 560 g/mol. The van der Waals surface area contributed by atoms with E-state index in [1.807, 2.05) is 31.2 Å². The number of sulfone groups is 1. The third-order valence-corrected chi connectivity index (χ3v) is 9.43. The van der Waals surface area contributed by atoms with Crippen LogP contribution in [-0.4, -0.2) is 32.6 Å². The number of hydrogen-bond donors (Lipinski definition) is 2. The molecule has 1 unspecified atom stereocenters. The van der Waals surface area contributed by atoms with Crippen molar-refractivity contribution in [2.45, 2.75) is 43.0 Å². The van der Waals surface area contributed by atoms with Gasteiger partial charge in [0, 0.05) is 23.4 Å². The average Bonchev–Trinajstić information content (AvgIpc) is 3.82. The van der Waals surface area contributed by atoms with Crippen LogP contribution < -0.4 is 10.6 Å². The zero-order valence-corrected chi connectivity index (χ0v) is 24.8. The quantitative estimate of drug-likeness (QED) is 0.211. The van der Waals surface area contributed by atoms with E-state index in [1.165, 1.54) is 18.2 Å². The summed E-state index contributed by atoms with van der Waals surface area (Å²) in [4.78, 5) is 39.4. The normalized spacial score (nSPS) is 14.7. The van der Waals surface area contributed by atoms with Gasteiger partial charge >= 0.3 is 0 Å². The topological polar surface area (TPSA) is 109 Å². The minimum atomic E-state index is -3.64. The molecule has 0 aliphatic heterocycles. The van der Waals surface area contributed by atoms with Gasteiger partial charge in [-0.05, 0) is 71.8 Å². The Bertz CT molecular complexity index is 1790. The Morgan fingerprint density at radius 1 is 0.860 bits per heavy atom. The molecule has 1 saturated carbocycles. The Morgan fingerprint density at radius 2 is 1.53 bits per heavy atom. The number of amides is 2. The van der Waals surface area contributed by atoms with Crippen LogP contribution in [0.3, 0.4) is 0 Å². The van der Waals surface area contributed by atoms with Gasteiger partial charge in [0.05, 0.1) is 10.4 Å². The van der Waals surface area contributed by atoms with Crippen molar-refractivity contribution in [2.24, 2.45) is 5.92 Å². The second-order valence-corrected chi connectivity index (χ2v) is 12.7. The molecule has 1 atom stereocenters. The Kier molecular flexibility index (Phi) is 8.87. The van der Waals surface area contributed by atoms with Crippen LogP contribution >= 0.6 is 0 Å². The predicted molar refractivity (Wildman–Crippen MR) is 167 cm³/mol. The Balaban J connectivity index is 1.22. The van der Waals surface area contributed by atoms with Gasteiger partial charge in [0.25, 0.3) is 11.8 Å². The number of carbonyl (C=O) groups excluding carboxylic acids is 3. The zero-order chi connectivity index (χ0) is 30.5. The van der Waals surface area contributed by atoms with E-state index in [0.717, 1.165) is 34.6 Å². The molecule has 7 nitrogen and oxygen atoms in total. The van der Waals surface area contributed by atoms with Gasteiger partial charge in [-0.2, -0.15) is 0 Å². The van der Waals surface area contributed by atoms with Crippen molar-refractivity contribution in [3.8, 4) is 0 Å². The summed E-state index contributed by atoms with van der Waals surface area (Å²) >= 11 is 0. The van der Waals surface area contributed by atoms with E-state index in [4.69, 9.17) is 0 Å². The van der Waals surface area contributed by atoms with Gasteiger partial charge < -0.3 is 10.6 Å². The highest BCUT2D eigenvalue weighted by molar-refractivity contribution is 7.94. The van der Waals surface area contributed by atoms with E-state index in [0.29, 0.717) is 17.5 Å². The molecule has 0 radical (unpaired) electrons. The van der Waals surface area contributed by atoms with Crippen LogP contribution in [0.5, 0.6) is 0 Å². The number of hydrogen-bond acceptors (Lipinski definition) is 5. The number of rotatable bonds is 12. The highest BCUT2D eigenvalue weighted by atomic mass is 32.2. The fourth-order valence-corrected chi connectivity index (χ4v) is 6.32. The smallest absolute Gasteiger partial charge is 0.287 e. The number of Topliss-reactive ketones (excluding diaryl/α,β-unsaturated/α-hetero) is 1. The number of nitrogens with one attached hydrogen (secondary N) is 2. The van der Waals surface area contributed by atoms with Gasteiger partial charge in [-0.3, -0.25) is 14.4 Å². The average molecular weight is 595 g/mol. The lowest BCUT2D eigenvalue weighted by molar-refractivity contribution is -0.140. The summed E-state index contributed by atoms with van der Waals surface area (Å²) < 4.78 is 24.8. The monoisotopic (exact) mass is 594 g/mol. The standard InChI is InChI=1S/C35H34N2O5S/c1-2-25(32(38)34(40)36-21-10-22-43(41,42)30-14-4-3-5-15-30)23-28-13-8-9-16-31(28)33(39)37-35(19-20-35)29-18-17-26-11-6-7-12-27(26)24-29/h3-18,22,24-25H,2,19-21,23H2,1H3,(H,36,40)(H,37,39)/b22-10+. The first-order valence-corrected chi connectivity index (χ1v) is 16.0. The first-order chi connectivity index (χ1) is 20.7. The van der Waals surface area contributed by atoms with Gasteiger partial charge in [-0.15, -0.1) is 0 Å². The van der Waals surface area contributed by atoms with Crippen LogP contribution in [0.15, 0.2) is 113 Å². The summed E-state index contributed by atoms with van der Waals surface area (Å²) in [5.41, 5.74) is 1.82. The molecule has 2 N–H and O–H groups in total. The van der Waals surface area contributed by atoms with Gasteiger partial charge in [-0.25, -0.2) is 8.42 Å². The van der Waals surface area contributed by atoms with Crippen LogP contribution in [0.1, 0.15) is 47.7 Å². The first-order valence-electron chi connectivity index (χ1n) is 14.4. The van der Waals surface area contributed by atoms with Crippen molar-refractivity contribution in [3.05, 3.63) is 125 Å². The highest BCUT2D eigenvalue weighted by Gasteiger charge is 2.46. The Labute approximate surface area is 251 Å². The van der Waals surface area contributed by atoms with Crippen molar-refractivity contribution in [3.63, 3.8) is 0 Å². The summed E-state index contributed by atoms with van der Waals surface area (Å²) in [6.07, 6.45) is 3.62. The van der Waals surface area contributed by atoms with E-state index in [9.17, 15) is 22.8 Å². The van der Waals surface area contributed by atoms with Crippen molar-refractivity contribution >= 4 is 38.2 Å². The van der Waals surface area contributed by atoms with Gasteiger partial charge in [0.15, 0.2) is 9.84 Å². The molecule has 43 heavy (non-hydrogen) atoms. The van der Waals surface area contributed by atoms with E-state index < -0.39 is 33.0 Å². The predicted octanol–water partition coefficient (Wildman–Crippen LogP) is 5.50. The first kappa shape index (κ1) is 29.9. The van der Waals surface area contributed by atoms with E-state index in [2.05, 4.69) is 41.0 Å². The molecule has 8 heteroatoms. The molecular formula is C35H34N2O5S. The maximum absolute atomic E-state index is 13.6. The number of fused-ring (bicyclic) bond motifs is 1. The lowest BCUT2D eigenvalue weighted by Gasteiger charge is -2.21. The van der Waals surface area contributed by atoms with Crippen LogP contribution in [0.2, 0.25) is 0 Å². The summed E-state index contributed by atoms with van der Waals surface area (Å²) in [5.74, 6) is -2.24. The second-order valence-electron chi connectivity index (χ2n) is 10.9. The maximum atomic E-state index is 13.6. The van der Waals surface area contributed by atoms with Crippen molar-refractivity contribution in [2.75, 3.05) is 6.54 Å². The minimum absolute atomic E-state index is 0.108. The SMILES string of the molecule is CCC(Cc1ccccc1C(=O)NC1(c2ccc3ccccc3c2)CC1)C(=O)C(=O)NC/C=C/S(=O)(=O)c1ccccc1. The molecule has 0 bridgehead atoms. The molecule has 1 aliphatic rings. The van der Waals surface area contributed by atoms with Gasteiger partial charge in [0.1, 0.15) is 0 Å². The molecule has 0 spiro atoms. The zero-order valence-electron chi connectivity index (χ0n) is 24.0. The van der Waals surface area contributed by atoms with Crippen LogP contribution in [0.25, 0.3) is 10.8 Å². The van der Waals surface area contributed by atoms with E-state index >= 15 is 0 Å². The Hall–Kier alpha value is -4.56. The van der Waals surface area contributed by atoms with Crippen molar-refractivity contribution < 1.29 is 22.8 Å². The minimum Gasteiger partial charge on any atom is -0.346 e. The summed E-state index contributed by atoms with van der Waals surface area (Å²) in [5, 5.41) is 9.03. The molecule has 0 heterocycles. The molecule has 4 aromatic carbocycles. The lowest BCUT2D eigenvalue weighted by Crippen LogP contribution is -2.37. The fourth-order valence-electron chi connectivity index (χ4n) is 5.28. The number of ketones is 1. The van der Waals surface area contributed by atoms with Crippen LogP contribution in [0, 0.1) is 5.92 Å². The highest BCUT2D eigenvalue weighted by Crippen LogP contribution is 2.46. The molecule has 2 amide bonds. The molecule has 5 rings (SSSR count). The number of benzene rings is 4. The third kappa shape index (κ3) is 6.92. The maximum Gasteiger partial charge on any atom is 0.287 e. The Morgan fingerprint density at radius 3 is 2.26 bits per heavy atom. The molecule has 1 fully saturated rings. The number of carbonyl (C=O) groups is 3. The van der Waals surface area contributed by atoms with E-state index in [1.54, 1.807) is 30.3 Å². The summed E-state index contributed by atoms with van der Waals surface area (Å²) in [6.45, 7) is 1.71. The van der Waals surface area contributed by atoms with E-state index in [-0.39, 0.29) is 23.8 Å². The largest absolute Gasteiger partial charge is 0.346 e. The molecule has 4 aromatic rings. The molecule has 0 aromatic heterocycles. The van der Waals surface area contributed by atoms with Gasteiger partial charge in [0.2, 0.25) is 5.78 Å². The van der Waals surface area contributed by atoms with Crippen molar-refractivity contribution in [1.82, 2.24) is 10.6 Å². The lowest BCUT2D eigenvalue weighted by atomic mass is 9.89.